The van der Waals surface area contributed by atoms with Crippen molar-refractivity contribution in [1.82, 2.24) is 0 Å². The van der Waals surface area contributed by atoms with Gasteiger partial charge in [-0.05, 0) is 59.9 Å². The average molecular weight is 483 g/mol. The minimum atomic E-state index is 0.228. The van der Waals surface area contributed by atoms with Crippen LogP contribution in [0.25, 0.3) is 0 Å². The van der Waals surface area contributed by atoms with Crippen LogP contribution in [0.4, 0.5) is 11.4 Å². The first-order chi connectivity index (χ1) is 15.7. The number of allylic oxidation sites excluding steroid dienone is 2. The maximum atomic E-state index is 5.63. The highest BCUT2D eigenvalue weighted by Crippen LogP contribution is 2.49. The number of hydrogen-bond donors (Lipinski definition) is 1. The molecule has 0 bridgehead atoms. The molecule has 1 N–H and O–H groups in total. The summed E-state index contributed by atoms with van der Waals surface area (Å²) in [6.45, 7) is 0.228. The van der Waals surface area contributed by atoms with Crippen LogP contribution in [-0.2, 0) is 0 Å². The molecule has 0 amide bonds. The molecule has 0 spiro atoms. The number of rotatable bonds is 5. The van der Waals surface area contributed by atoms with Gasteiger partial charge in [-0.3, -0.25) is 4.99 Å². The fraction of sp³-hybridized carbons (Fsp3) is 0.179. The molecule has 158 valence electrons. The van der Waals surface area contributed by atoms with Crippen LogP contribution >= 0.6 is 15.9 Å². The van der Waals surface area contributed by atoms with Gasteiger partial charge in [-0.1, -0.05) is 64.3 Å². The lowest BCUT2D eigenvalue weighted by molar-refractivity contribution is 0.370. The highest BCUT2D eigenvalue weighted by molar-refractivity contribution is 9.10. The fourth-order valence-electron chi connectivity index (χ4n) is 4.66. The van der Waals surface area contributed by atoms with Crippen LogP contribution in [-0.4, -0.2) is 12.8 Å². The molecule has 32 heavy (non-hydrogen) atoms. The zero-order valence-corrected chi connectivity index (χ0v) is 19.1. The Balaban J connectivity index is 1.37. The summed E-state index contributed by atoms with van der Waals surface area (Å²) in [4.78, 5) is 4.66. The fourth-order valence-corrected chi connectivity index (χ4v) is 5.04. The van der Waals surface area contributed by atoms with Crippen LogP contribution in [0.15, 0.2) is 88.3 Å². The molecule has 4 heteroatoms. The molecule has 0 radical (unpaired) electrons. The lowest BCUT2D eigenvalue weighted by Crippen LogP contribution is -2.28. The number of hydrogen-bond acceptors (Lipinski definition) is 3. The van der Waals surface area contributed by atoms with Gasteiger partial charge >= 0.3 is 0 Å². The van der Waals surface area contributed by atoms with Gasteiger partial charge in [-0.15, -0.1) is 6.42 Å². The topological polar surface area (TPSA) is 33.6 Å². The van der Waals surface area contributed by atoms with Gasteiger partial charge in [0.25, 0.3) is 0 Å². The van der Waals surface area contributed by atoms with Gasteiger partial charge in [0.05, 0.1) is 11.7 Å². The number of fused-ring (bicyclic) bond motifs is 3. The van der Waals surface area contributed by atoms with E-state index in [0.29, 0.717) is 11.8 Å². The number of terminal acetylenes is 1. The quantitative estimate of drug-likeness (QED) is 0.240. The van der Waals surface area contributed by atoms with E-state index in [9.17, 15) is 0 Å². The maximum Gasteiger partial charge on any atom is 0.148 e. The normalized spacial score (nSPS) is 20.9. The van der Waals surface area contributed by atoms with Crippen molar-refractivity contribution in [1.29, 1.82) is 0 Å². The molecule has 0 fully saturated rings. The van der Waals surface area contributed by atoms with E-state index in [4.69, 9.17) is 11.2 Å². The second-order valence-corrected chi connectivity index (χ2v) is 9.00. The van der Waals surface area contributed by atoms with Crippen LogP contribution < -0.4 is 10.1 Å². The summed E-state index contributed by atoms with van der Waals surface area (Å²) in [6.07, 6.45) is 12.9. The van der Waals surface area contributed by atoms with E-state index in [1.165, 1.54) is 16.8 Å². The Morgan fingerprint density at radius 1 is 1.12 bits per heavy atom. The summed E-state index contributed by atoms with van der Waals surface area (Å²) in [7, 11) is 0. The van der Waals surface area contributed by atoms with Gasteiger partial charge in [0, 0.05) is 27.9 Å². The molecule has 3 aromatic rings. The summed E-state index contributed by atoms with van der Waals surface area (Å²) in [6, 6.07) is 23.3. The van der Waals surface area contributed by atoms with Crippen molar-refractivity contribution >= 4 is 33.5 Å². The van der Waals surface area contributed by atoms with E-state index in [1.807, 2.05) is 24.4 Å². The number of aliphatic imine (C=N–C) groups is 1. The van der Waals surface area contributed by atoms with E-state index in [0.717, 1.165) is 27.9 Å². The zero-order valence-electron chi connectivity index (χ0n) is 17.5. The van der Waals surface area contributed by atoms with Crippen LogP contribution in [0, 0.1) is 18.3 Å². The van der Waals surface area contributed by atoms with Gasteiger partial charge in [0.15, 0.2) is 0 Å². The third-order valence-corrected chi connectivity index (χ3v) is 6.65. The molecule has 3 atom stereocenters. The summed E-state index contributed by atoms with van der Waals surface area (Å²) in [5, 5.41) is 3.78. The molecular formula is C28H23BrN2O. The molecule has 0 unspecified atom stereocenters. The summed E-state index contributed by atoms with van der Waals surface area (Å²) in [5.41, 5.74) is 5.71. The van der Waals surface area contributed by atoms with Crippen LogP contribution in [0.3, 0.4) is 0 Å². The van der Waals surface area contributed by atoms with Gasteiger partial charge in [-0.25, -0.2) is 0 Å². The van der Waals surface area contributed by atoms with Crippen LogP contribution in [0.2, 0.25) is 0 Å². The standard InChI is InChI=1S/C28H23BrN2O/c1-2-16-32-27-15-12-21(29)17-20(27)18-30-22-13-10-19(11-14-22)28-25-8-5-7-23(25)24-6-3-4-9-26(24)31-28/h1,3-7,9-15,17-18,23,25,28,31H,8,16H2/t23-,25-,28+/m1/s1. The number of ether oxygens (including phenoxy) is 1. The molecule has 3 nitrogen and oxygen atoms in total. The van der Waals surface area contributed by atoms with Gasteiger partial charge in [0.1, 0.15) is 12.4 Å². The SMILES string of the molecule is C#CCOc1ccc(Br)cc1C=Nc1ccc([C@@H]2Nc3ccccc3[C@H]3C=CC[C@H]32)cc1. The molecule has 2 aliphatic rings. The zero-order chi connectivity index (χ0) is 21.9. The predicted octanol–water partition coefficient (Wildman–Crippen LogP) is 7.04. The van der Waals surface area contributed by atoms with Crippen molar-refractivity contribution in [3.63, 3.8) is 0 Å². The number of anilines is 1. The van der Waals surface area contributed by atoms with Gasteiger partial charge < -0.3 is 10.1 Å². The van der Waals surface area contributed by atoms with E-state index in [-0.39, 0.29) is 12.6 Å². The van der Waals surface area contributed by atoms with Crippen LogP contribution in [0.5, 0.6) is 5.75 Å². The third kappa shape index (κ3) is 4.09. The Morgan fingerprint density at radius 2 is 1.97 bits per heavy atom. The molecule has 0 saturated heterocycles. The molecule has 1 heterocycles. The van der Waals surface area contributed by atoms with Crippen molar-refractivity contribution in [3.05, 3.63) is 100 Å². The Bertz CT molecular complexity index is 1220. The lowest BCUT2D eigenvalue weighted by Gasteiger charge is -2.37. The van der Waals surface area contributed by atoms with Crippen molar-refractivity contribution in [2.45, 2.75) is 18.4 Å². The Hall–Kier alpha value is -3.29. The predicted molar refractivity (Wildman–Crippen MR) is 135 cm³/mol. The van der Waals surface area contributed by atoms with Crippen molar-refractivity contribution in [2.75, 3.05) is 11.9 Å². The van der Waals surface area contributed by atoms with Crippen molar-refractivity contribution in [3.8, 4) is 18.1 Å². The highest BCUT2D eigenvalue weighted by atomic mass is 79.9. The maximum absolute atomic E-state index is 5.63. The Kier molecular flexibility index (Phi) is 5.83. The number of nitrogens with zero attached hydrogens (tertiary/aromatic N) is 1. The number of halogens is 1. The number of benzene rings is 3. The molecule has 3 aromatic carbocycles. The number of para-hydroxylation sites is 1. The monoisotopic (exact) mass is 482 g/mol. The third-order valence-electron chi connectivity index (χ3n) is 6.16. The first kappa shape index (κ1) is 20.6. The van der Waals surface area contributed by atoms with E-state index < -0.39 is 0 Å². The largest absolute Gasteiger partial charge is 0.480 e. The second kappa shape index (κ2) is 9.06. The second-order valence-electron chi connectivity index (χ2n) is 8.09. The Labute approximate surface area is 197 Å². The summed E-state index contributed by atoms with van der Waals surface area (Å²) >= 11 is 3.51. The molecule has 1 aliphatic heterocycles. The smallest absolute Gasteiger partial charge is 0.148 e. The molecular weight excluding hydrogens is 460 g/mol. The van der Waals surface area contributed by atoms with E-state index in [2.05, 4.69) is 92.8 Å². The Morgan fingerprint density at radius 3 is 2.81 bits per heavy atom. The van der Waals surface area contributed by atoms with Crippen molar-refractivity contribution < 1.29 is 4.74 Å². The minimum Gasteiger partial charge on any atom is -0.480 e. The van der Waals surface area contributed by atoms with Gasteiger partial charge in [0.2, 0.25) is 0 Å². The lowest BCUT2D eigenvalue weighted by atomic mass is 9.77. The molecule has 0 aromatic heterocycles. The van der Waals surface area contributed by atoms with Crippen LogP contribution in [0.1, 0.15) is 35.1 Å². The first-order valence-electron chi connectivity index (χ1n) is 10.7. The van der Waals surface area contributed by atoms with E-state index in [1.54, 1.807) is 0 Å². The average Bonchev–Trinajstić information content (AvgIpc) is 3.32. The summed E-state index contributed by atoms with van der Waals surface area (Å²) < 4.78 is 6.60. The minimum absolute atomic E-state index is 0.228. The molecule has 5 rings (SSSR count). The van der Waals surface area contributed by atoms with Crippen molar-refractivity contribution in [2.24, 2.45) is 10.9 Å². The molecule has 0 saturated carbocycles. The molecule has 1 aliphatic carbocycles. The number of nitrogens with one attached hydrogen (secondary N) is 1. The highest BCUT2D eigenvalue weighted by Gasteiger charge is 2.37. The van der Waals surface area contributed by atoms with E-state index >= 15 is 0 Å². The van der Waals surface area contributed by atoms with Gasteiger partial charge in [-0.2, -0.15) is 0 Å². The first-order valence-corrected chi connectivity index (χ1v) is 11.5. The summed E-state index contributed by atoms with van der Waals surface area (Å²) in [5.74, 6) is 4.24.